The van der Waals surface area contributed by atoms with Crippen molar-refractivity contribution in [2.75, 3.05) is 6.54 Å². The van der Waals surface area contributed by atoms with Crippen molar-refractivity contribution in [2.45, 2.75) is 63.0 Å². The Kier molecular flexibility index (Phi) is 7.80. The highest BCUT2D eigenvalue weighted by Gasteiger charge is 2.42. The smallest absolute Gasteiger partial charge is 0.253 e. The van der Waals surface area contributed by atoms with E-state index in [2.05, 4.69) is 26.0 Å². The first kappa shape index (κ1) is 26.2. The molecule has 4 rings (SSSR count). The number of aliphatic hydroxyl groups is 1. The Morgan fingerprint density at radius 1 is 1.30 bits per heavy atom. The van der Waals surface area contributed by atoms with E-state index in [4.69, 9.17) is 0 Å². The minimum atomic E-state index is -1.93. The van der Waals surface area contributed by atoms with Crippen LogP contribution in [0.1, 0.15) is 60.8 Å². The number of fused-ring (bicyclic) bond motifs is 1. The van der Waals surface area contributed by atoms with Gasteiger partial charge in [0.05, 0.1) is 28.5 Å². The van der Waals surface area contributed by atoms with Crippen LogP contribution in [0.2, 0.25) is 0 Å². The summed E-state index contributed by atoms with van der Waals surface area (Å²) in [4.78, 5) is 28.3. The molecule has 0 spiro atoms. The molecule has 37 heavy (non-hydrogen) atoms. The Morgan fingerprint density at radius 2 is 2.08 bits per heavy atom. The largest absolute Gasteiger partial charge is 0.386 e. The van der Waals surface area contributed by atoms with Crippen LogP contribution in [0, 0.1) is 11.3 Å². The molecule has 0 bridgehead atoms. The van der Waals surface area contributed by atoms with Gasteiger partial charge in [0.25, 0.3) is 5.91 Å². The molecule has 1 fully saturated rings. The summed E-state index contributed by atoms with van der Waals surface area (Å²) in [5.74, 6) is -0.648. The van der Waals surface area contributed by atoms with Crippen LogP contribution in [0.4, 0.5) is 4.39 Å². The predicted octanol–water partition coefficient (Wildman–Crippen LogP) is 1.81. The number of carbonyl (C=O) groups excluding carboxylic acids is 2. The fourth-order valence-electron chi connectivity index (χ4n) is 4.73. The van der Waals surface area contributed by atoms with E-state index in [0.29, 0.717) is 23.2 Å². The lowest BCUT2D eigenvalue weighted by Gasteiger charge is -2.34. The van der Waals surface area contributed by atoms with Gasteiger partial charge < -0.3 is 21.1 Å². The highest BCUT2D eigenvalue weighted by atomic mass is 19.1. The fourth-order valence-corrected chi connectivity index (χ4v) is 4.73. The lowest BCUT2D eigenvalue weighted by Crippen LogP contribution is -2.53. The van der Waals surface area contributed by atoms with E-state index in [1.807, 2.05) is 6.07 Å². The molecule has 2 unspecified atom stereocenters. The normalized spacial score (nSPS) is 20.5. The first-order valence-corrected chi connectivity index (χ1v) is 12.1. The van der Waals surface area contributed by atoms with Crippen LogP contribution in [0.5, 0.6) is 0 Å². The van der Waals surface area contributed by atoms with Crippen LogP contribution < -0.4 is 16.0 Å². The van der Waals surface area contributed by atoms with Crippen molar-refractivity contribution in [3.05, 3.63) is 65.7 Å². The maximum Gasteiger partial charge on any atom is 0.253 e. The predicted molar refractivity (Wildman–Crippen MR) is 133 cm³/mol. The minimum absolute atomic E-state index is 0.0131. The summed E-state index contributed by atoms with van der Waals surface area (Å²) in [5, 5.41) is 33.5. The van der Waals surface area contributed by atoms with Crippen LogP contribution in [0.3, 0.4) is 0 Å². The summed E-state index contributed by atoms with van der Waals surface area (Å²) < 4.78 is 17.7. The number of halogens is 1. The van der Waals surface area contributed by atoms with E-state index < -0.39 is 23.7 Å². The monoisotopic (exact) mass is 507 g/mol. The molecule has 0 saturated heterocycles. The number of hydrogen-bond donors (Lipinski definition) is 4. The van der Waals surface area contributed by atoms with Crippen LogP contribution in [0.25, 0.3) is 5.52 Å². The first-order chi connectivity index (χ1) is 17.7. The number of rotatable bonds is 9. The van der Waals surface area contributed by atoms with Crippen LogP contribution in [-0.2, 0) is 4.79 Å². The van der Waals surface area contributed by atoms with Gasteiger partial charge in [-0.1, -0.05) is 0 Å². The summed E-state index contributed by atoms with van der Waals surface area (Å²) in [5.41, 5.74) is -0.413. The van der Waals surface area contributed by atoms with E-state index in [9.17, 15) is 20.0 Å². The number of hydrogen-bond acceptors (Lipinski definition) is 7. The van der Waals surface area contributed by atoms with Crippen molar-refractivity contribution in [1.29, 1.82) is 5.26 Å². The van der Waals surface area contributed by atoms with Gasteiger partial charge in [-0.2, -0.15) is 10.4 Å². The standard InChI is InChI=1S/C26H30FN7O3/c1-16(35)32-20-6-5-19(11-20)30-15-26(2,37)24(27)23(33-25(36)18-4-3-9-29-14-18)22-8-7-21-10-17(12-28)13-31-34(21)22/h3-4,7-10,13-14,19-20,23-24,30,37H,5-6,11,15H2,1-2H3,(H,32,35)(H,33,36)/t19-,20-,23?,24-,26?/m1/s1. The van der Waals surface area contributed by atoms with Gasteiger partial charge in [0, 0.05) is 37.9 Å². The van der Waals surface area contributed by atoms with Crippen LogP contribution >= 0.6 is 0 Å². The first-order valence-electron chi connectivity index (χ1n) is 12.1. The number of amides is 2. The Morgan fingerprint density at radius 3 is 2.78 bits per heavy atom. The van der Waals surface area contributed by atoms with E-state index >= 15 is 4.39 Å². The molecule has 3 aromatic heterocycles. The zero-order valence-electron chi connectivity index (χ0n) is 20.7. The Hall–Kier alpha value is -3.88. The quantitative estimate of drug-likeness (QED) is 0.346. The van der Waals surface area contributed by atoms with E-state index in [-0.39, 0.29) is 30.1 Å². The summed E-state index contributed by atoms with van der Waals surface area (Å²) in [6, 6.07) is 8.87. The number of alkyl halides is 1. The average molecular weight is 508 g/mol. The molecule has 11 heteroatoms. The maximum absolute atomic E-state index is 16.2. The number of nitrogens with zero attached hydrogens (tertiary/aromatic N) is 4. The molecule has 3 heterocycles. The van der Waals surface area contributed by atoms with Crippen molar-refractivity contribution in [2.24, 2.45) is 0 Å². The van der Waals surface area contributed by atoms with Gasteiger partial charge in [-0.05, 0) is 56.5 Å². The molecule has 1 aliphatic rings. The average Bonchev–Trinajstić information content (AvgIpc) is 3.52. The molecular weight excluding hydrogens is 477 g/mol. The van der Waals surface area contributed by atoms with Gasteiger partial charge in [0.15, 0.2) is 6.17 Å². The number of aromatic nitrogens is 3. The third kappa shape index (κ3) is 6.10. The fraction of sp³-hybridized carbons (Fsp3) is 0.423. The zero-order chi connectivity index (χ0) is 26.6. The van der Waals surface area contributed by atoms with Crippen molar-refractivity contribution in [3.63, 3.8) is 0 Å². The van der Waals surface area contributed by atoms with Crippen LogP contribution in [0.15, 0.2) is 48.9 Å². The second kappa shape index (κ2) is 11.0. The molecule has 0 aliphatic heterocycles. The second-order valence-corrected chi connectivity index (χ2v) is 9.69. The van der Waals surface area contributed by atoms with E-state index in [0.717, 1.165) is 12.8 Å². The molecule has 4 N–H and O–H groups in total. The molecule has 2 amide bonds. The van der Waals surface area contributed by atoms with Gasteiger partial charge in [0.2, 0.25) is 5.91 Å². The molecular formula is C26H30FN7O3. The second-order valence-electron chi connectivity index (χ2n) is 9.69. The topological polar surface area (TPSA) is 144 Å². The van der Waals surface area contributed by atoms with Crippen molar-refractivity contribution in [3.8, 4) is 6.07 Å². The van der Waals surface area contributed by atoms with Gasteiger partial charge >= 0.3 is 0 Å². The molecule has 3 aromatic rings. The van der Waals surface area contributed by atoms with Gasteiger partial charge in [-0.3, -0.25) is 14.6 Å². The molecule has 0 radical (unpaired) electrons. The SMILES string of the molecule is CC(=O)N[C@@H]1CC[C@@H](NCC(C)(O)[C@H](F)C(NC(=O)c2cccnc2)c2ccc3cc(C#N)cnn23)C1. The number of pyridine rings is 1. The zero-order valence-corrected chi connectivity index (χ0v) is 20.7. The molecule has 194 valence electrons. The summed E-state index contributed by atoms with van der Waals surface area (Å²) in [6.45, 7) is 2.78. The molecule has 5 atom stereocenters. The summed E-state index contributed by atoms with van der Waals surface area (Å²) in [6.07, 6.45) is 4.60. The Bertz CT molecular complexity index is 1300. The lowest BCUT2D eigenvalue weighted by molar-refractivity contribution is -0.119. The van der Waals surface area contributed by atoms with E-state index in [1.54, 1.807) is 30.3 Å². The van der Waals surface area contributed by atoms with Gasteiger partial charge in [0.1, 0.15) is 17.7 Å². The van der Waals surface area contributed by atoms with Gasteiger partial charge in [-0.25, -0.2) is 8.91 Å². The maximum atomic E-state index is 16.2. The summed E-state index contributed by atoms with van der Waals surface area (Å²) >= 11 is 0. The molecule has 1 aliphatic carbocycles. The number of nitriles is 1. The number of nitrogens with one attached hydrogen (secondary N) is 3. The Labute approximate surface area is 213 Å². The van der Waals surface area contributed by atoms with Crippen molar-refractivity contribution < 1.29 is 19.1 Å². The van der Waals surface area contributed by atoms with Gasteiger partial charge in [-0.15, -0.1) is 0 Å². The highest BCUT2D eigenvalue weighted by Crippen LogP contribution is 2.30. The minimum Gasteiger partial charge on any atom is -0.386 e. The Balaban J connectivity index is 1.56. The van der Waals surface area contributed by atoms with Crippen molar-refractivity contribution >= 4 is 17.3 Å². The van der Waals surface area contributed by atoms with Crippen molar-refractivity contribution in [1.82, 2.24) is 30.5 Å². The lowest BCUT2D eigenvalue weighted by atomic mass is 9.91. The third-order valence-electron chi connectivity index (χ3n) is 6.66. The third-order valence-corrected chi connectivity index (χ3v) is 6.66. The number of carbonyl (C=O) groups is 2. The molecule has 10 nitrogen and oxygen atoms in total. The highest BCUT2D eigenvalue weighted by molar-refractivity contribution is 5.94. The summed E-state index contributed by atoms with van der Waals surface area (Å²) in [7, 11) is 0. The van der Waals surface area contributed by atoms with E-state index in [1.165, 1.54) is 37.0 Å². The molecule has 0 aromatic carbocycles. The molecule has 1 saturated carbocycles. The van der Waals surface area contributed by atoms with Crippen LogP contribution in [-0.4, -0.2) is 61.9 Å².